The van der Waals surface area contributed by atoms with Crippen molar-refractivity contribution < 1.29 is 9.59 Å². The first-order valence-electron chi connectivity index (χ1n) is 11.9. The molecule has 2 aliphatic carbocycles. The predicted molar refractivity (Wildman–Crippen MR) is 124 cm³/mol. The van der Waals surface area contributed by atoms with Crippen LogP contribution in [0.2, 0.25) is 0 Å². The summed E-state index contributed by atoms with van der Waals surface area (Å²) < 4.78 is 0. The van der Waals surface area contributed by atoms with E-state index in [4.69, 9.17) is 0 Å². The number of hydrogen-bond acceptors (Lipinski definition) is 6. The quantitative estimate of drug-likeness (QED) is 0.341. The van der Waals surface area contributed by atoms with Gasteiger partial charge in [0.05, 0.1) is 11.1 Å². The Bertz CT molecular complexity index is 634. The molecule has 0 aliphatic heterocycles. The van der Waals surface area contributed by atoms with Crippen LogP contribution in [-0.2, 0) is 0 Å². The Morgan fingerprint density at radius 3 is 1.19 bits per heavy atom. The summed E-state index contributed by atoms with van der Waals surface area (Å²) in [5.41, 5.74) is 2.77. The smallest absolute Gasteiger partial charge is 0.311 e. The zero-order chi connectivity index (χ0) is 23.9. The number of nitrogens with zero attached hydrogens (tertiary/aromatic N) is 4. The Balaban J connectivity index is 1.96. The molecule has 0 saturated heterocycles. The Hall–Kier alpha value is -2.26. The minimum absolute atomic E-state index is 0.323. The van der Waals surface area contributed by atoms with E-state index >= 15 is 0 Å². The summed E-state index contributed by atoms with van der Waals surface area (Å²) in [4.78, 5) is 25.1. The van der Waals surface area contributed by atoms with Gasteiger partial charge in [-0.15, -0.1) is 0 Å². The van der Waals surface area contributed by atoms with Crippen LogP contribution in [0.1, 0.15) is 106 Å². The first-order chi connectivity index (χ1) is 14.8. The minimum atomic E-state index is -0.737. The van der Waals surface area contributed by atoms with Crippen molar-refractivity contribution in [1.29, 1.82) is 0 Å². The monoisotopic (exact) mass is 450 g/mol. The van der Waals surface area contributed by atoms with Gasteiger partial charge >= 0.3 is 12.1 Å². The van der Waals surface area contributed by atoms with Crippen molar-refractivity contribution >= 4 is 12.1 Å². The molecule has 2 rings (SSSR count). The fourth-order valence-corrected chi connectivity index (χ4v) is 3.86. The first kappa shape index (κ1) is 26.0. The molecule has 182 valence electrons. The molecule has 0 unspecified atom stereocenters. The molecular formula is C22H42N8O2. The molecule has 0 heterocycles. The Morgan fingerprint density at radius 1 is 0.594 bits per heavy atom. The van der Waals surface area contributed by atoms with Crippen molar-refractivity contribution in [1.82, 2.24) is 21.5 Å². The fourth-order valence-electron chi connectivity index (χ4n) is 3.86. The molecule has 0 atom stereocenters. The number of azo groups is 2. The van der Waals surface area contributed by atoms with Crippen LogP contribution in [0.25, 0.3) is 0 Å². The van der Waals surface area contributed by atoms with Crippen LogP contribution in [0, 0.1) is 0 Å². The Labute approximate surface area is 192 Å². The fraction of sp³-hybridized carbons (Fsp3) is 0.909. The summed E-state index contributed by atoms with van der Waals surface area (Å²) in [5.74, 6) is 0. The third-order valence-corrected chi connectivity index (χ3v) is 5.43. The lowest BCUT2D eigenvalue weighted by Gasteiger charge is -2.35. The summed E-state index contributed by atoms with van der Waals surface area (Å²) in [6.07, 6.45) is 9.01. The molecule has 4 amide bonds. The molecule has 10 nitrogen and oxygen atoms in total. The summed E-state index contributed by atoms with van der Waals surface area (Å²) in [6, 6.07) is -1.02. The van der Waals surface area contributed by atoms with Gasteiger partial charge in [-0.05, 0) is 92.9 Å². The van der Waals surface area contributed by atoms with E-state index in [1.165, 1.54) is 0 Å². The van der Waals surface area contributed by atoms with Gasteiger partial charge in [0.2, 0.25) is 0 Å². The number of nitrogens with one attached hydrogen (secondary N) is 4. The molecule has 4 N–H and O–H groups in total. The number of carbonyl (C=O) groups excluding carboxylic acids is 2. The van der Waals surface area contributed by atoms with E-state index in [-0.39, 0.29) is 11.1 Å². The Morgan fingerprint density at radius 2 is 0.906 bits per heavy atom. The van der Waals surface area contributed by atoms with Crippen LogP contribution < -0.4 is 21.5 Å². The predicted octanol–water partition coefficient (Wildman–Crippen LogP) is 5.32. The number of hydrogen-bond donors (Lipinski definition) is 4. The number of rotatable bonds is 4. The van der Waals surface area contributed by atoms with Gasteiger partial charge in [0.15, 0.2) is 11.3 Å². The topological polar surface area (TPSA) is 132 Å². The zero-order valence-electron chi connectivity index (χ0n) is 20.7. The number of amides is 4. The van der Waals surface area contributed by atoms with Crippen LogP contribution in [0.4, 0.5) is 9.59 Å². The van der Waals surface area contributed by atoms with Crippen LogP contribution in [0.3, 0.4) is 0 Å². The summed E-state index contributed by atoms with van der Waals surface area (Å²) in [5, 5.41) is 23.6. The van der Waals surface area contributed by atoms with Gasteiger partial charge in [-0.25, -0.2) is 20.4 Å². The minimum Gasteiger partial charge on any atom is -0.311 e. The number of urea groups is 2. The second kappa shape index (κ2) is 10.6. The second-order valence-corrected chi connectivity index (χ2v) is 11.1. The van der Waals surface area contributed by atoms with Crippen LogP contribution >= 0.6 is 0 Å². The number of carbonyl (C=O) groups is 2. The van der Waals surface area contributed by atoms with Crippen molar-refractivity contribution in [3.8, 4) is 0 Å². The maximum atomic E-state index is 12.6. The molecule has 2 saturated carbocycles. The molecule has 0 aromatic heterocycles. The van der Waals surface area contributed by atoms with Gasteiger partial charge in [0.25, 0.3) is 0 Å². The molecule has 0 radical (unpaired) electrons. The Kier molecular flexibility index (Phi) is 8.59. The van der Waals surface area contributed by atoms with E-state index in [1.54, 1.807) is 0 Å². The van der Waals surface area contributed by atoms with Crippen molar-refractivity contribution in [2.45, 2.75) is 128 Å². The third kappa shape index (κ3) is 9.08. The highest BCUT2D eigenvalue weighted by atomic mass is 16.2. The van der Waals surface area contributed by atoms with Crippen LogP contribution in [0.15, 0.2) is 20.5 Å². The SMILES string of the molecule is CC(C)(C)/N=N/C1(NC(=O)NNC(=O)NC2(/N=N/C(C)(C)C)CCCCC2)CCCCC1. The first-order valence-corrected chi connectivity index (χ1v) is 11.9. The molecule has 0 bridgehead atoms. The lowest BCUT2D eigenvalue weighted by atomic mass is 9.89. The lowest BCUT2D eigenvalue weighted by Crippen LogP contribution is -2.59. The van der Waals surface area contributed by atoms with Crippen LogP contribution in [-0.4, -0.2) is 34.5 Å². The molecule has 0 aromatic rings. The van der Waals surface area contributed by atoms with E-state index < -0.39 is 23.4 Å². The molecule has 32 heavy (non-hydrogen) atoms. The highest BCUT2D eigenvalue weighted by molar-refractivity contribution is 5.80. The maximum Gasteiger partial charge on any atom is 0.335 e. The summed E-state index contributed by atoms with van der Waals surface area (Å²) in [6.45, 7) is 11.8. The maximum absolute atomic E-state index is 12.6. The third-order valence-electron chi connectivity index (χ3n) is 5.43. The average molecular weight is 451 g/mol. The lowest BCUT2D eigenvalue weighted by molar-refractivity contribution is 0.185. The molecule has 2 aliphatic rings. The highest BCUT2D eigenvalue weighted by Crippen LogP contribution is 2.31. The normalized spacial score (nSPS) is 21.3. The highest BCUT2D eigenvalue weighted by Gasteiger charge is 2.36. The second-order valence-electron chi connectivity index (χ2n) is 11.1. The van der Waals surface area contributed by atoms with Gasteiger partial charge in [0, 0.05) is 0 Å². The molecule has 0 aromatic carbocycles. The van der Waals surface area contributed by atoms with E-state index in [0.717, 1.165) is 64.2 Å². The van der Waals surface area contributed by atoms with Gasteiger partial charge in [-0.2, -0.15) is 20.5 Å². The largest absolute Gasteiger partial charge is 0.335 e. The van der Waals surface area contributed by atoms with Gasteiger partial charge in [-0.3, -0.25) is 0 Å². The van der Waals surface area contributed by atoms with Gasteiger partial charge in [0.1, 0.15) is 0 Å². The zero-order valence-corrected chi connectivity index (χ0v) is 20.7. The molecule has 0 spiro atoms. The molecule has 10 heteroatoms. The van der Waals surface area contributed by atoms with Crippen molar-refractivity contribution in [3.63, 3.8) is 0 Å². The van der Waals surface area contributed by atoms with E-state index in [0.29, 0.717) is 0 Å². The number of hydrazine groups is 1. The summed E-state index contributed by atoms with van der Waals surface area (Å²) >= 11 is 0. The van der Waals surface area contributed by atoms with E-state index in [2.05, 4.69) is 41.9 Å². The van der Waals surface area contributed by atoms with E-state index in [9.17, 15) is 9.59 Å². The van der Waals surface area contributed by atoms with Gasteiger partial charge in [-0.1, -0.05) is 12.8 Å². The van der Waals surface area contributed by atoms with Crippen molar-refractivity contribution in [2.24, 2.45) is 20.5 Å². The van der Waals surface area contributed by atoms with Crippen molar-refractivity contribution in [2.75, 3.05) is 0 Å². The van der Waals surface area contributed by atoms with Crippen LogP contribution in [0.5, 0.6) is 0 Å². The van der Waals surface area contributed by atoms with Gasteiger partial charge < -0.3 is 10.6 Å². The standard InChI is InChI=1S/C22H42N8O2/c1-19(2,3)27-29-21(13-9-7-10-14-21)23-17(31)25-26-18(32)24-22(15-11-8-12-16-22)30-28-20(4,5)6/h7-16H2,1-6H3,(H2,23,25,31)(H2,24,26,32)/b29-27+,30-28+. The van der Waals surface area contributed by atoms with E-state index in [1.807, 2.05) is 41.5 Å². The van der Waals surface area contributed by atoms with Crippen molar-refractivity contribution in [3.05, 3.63) is 0 Å². The molecule has 2 fully saturated rings. The summed E-state index contributed by atoms with van der Waals surface area (Å²) in [7, 11) is 0. The average Bonchev–Trinajstić information content (AvgIpc) is 2.70. The molecular weight excluding hydrogens is 408 g/mol.